The van der Waals surface area contributed by atoms with E-state index in [9.17, 15) is 0 Å². The summed E-state index contributed by atoms with van der Waals surface area (Å²) in [4.78, 5) is 8.86. The van der Waals surface area contributed by atoms with Gasteiger partial charge in [0, 0.05) is 34.3 Å². The molecule has 0 spiro atoms. The molecule has 0 radical (unpaired) electrons. The van der Waals surface area contributed by atoms with Crippen LogP contribution in [-0.2, 0) is 6.54 Å². The molecule has 4 heterocycles. The summed E-state index contributed by atoms with van der Waals surface area (Å²) in [5, 5.41) is 7.74. The topological polar surface area (TPSA) is 56.7 Å². The quantitative estimate of drug-likeness (QED) is 0.460. The molecule has 0 aliphatic heterocycles. The zero-order valence-electron chi connectivity index (χ0n) is 13.7. The molecule has 0 aliphatic rings. The van der Waals surface area contributed by atoms with Gasteiger partial charge in [-0.15, -0.1) is 11.3 Å². The van der Waals surface area contributed by atoms with E-state index in [1.165, 1.54) is 0 Å². The molecule has 4 aromatic heterocycles. The minimum absolute atomic E-state index is 0.680. The van der Waals surface area contributed by atoms with E-state index in [4.69, 9.17) is 4.42 Å². The zero-order chi connectivity index (χ0) is 17.3. The van der Waals surface area contributed by atoms with Gasteiger partial charge in [0.15, 0.2) is 0 Å². The first-order chi connectivity index (χ1) is 12.9. The molecular formula is C20H14N4OS. The number of fused-ring (bicyclic) bond motifs is 1. The van der Waals surface area contributed by atoms with Gasteiger partial charge in [0.2, 0.25) is 0 Å². The van der Waals surface area contributed by atoms with E-state index in [0.717, 1.165) is 39.2 Å². The molecule has 0 bridgehead atoms. The number of benzene rings is 1. The summed E-state index contributed by atoms with van der Waals surface area (Å²) in [5.74, 6) is 0. The Bertz CT molecular complexity index is 1170. The van der Waals surface area contributed by atoms with Crippen molar-refractivity contribution >= 4 is 22.3 Å². The van der Waals surface area contributed by atoms with Crippen molar-refractivity contribution in [2.24, 2.45) is 0 Å². The summed E-state index contributed by atoms with van der Waals surface area (Å²) in [6.45, 7) is 0.680. The number of pyridine rings is 1. The number of furan rings is 1. The van der Waals surface area contributed by atoms with Crippen LogP contribution in [0, 0.1) is 0 Å². The van der Waals surface area contributed by atoms with Crippen LogP contribution < -0.4 is 0 Å². The fourth-order valence-corrected chi connectivity index (χ4v) is 3.59. The summed E-state index contributed by atoms with van der Waals surface area (Å²) in [7, 11) is 0. The summed E-state index contributed by atoms with van der Waals surface area (Å²) in [5.41, 5.74) is 7.65. The van der Waals surface area contributed by atoms with Crippen LogP contribution in [0.25, 0.3) is 33.5 Å². The largest absolute Gasteiger partial charge is 0.464 e. The van der Waals surface area contributed by atoms with Crippen molar-refractivity contribution in [2.45, 2.75) is 6.54 Å². The molecule has 0 fully saturated rings. The molecule has 5 nitrogen and oxygen atoms in total. The molecule has 6 heteroatoms. The highest BCUT2D eigenvalue weighted by atomic mass is 32.1. The SMILES string of the molecule is c1cc(-c2ccn(Cc3cscn3)n2)cc(-c2nccc3occc23)c1. The average molecular weight is 358 g/mol. The minimum atomic E-state index is 0.680. The Balaban J connectivity index is 1.51. The van der Waals surface area contributed by atoms with Crippen molar-refractivity contribution < 1.29 is 4.42 Å². The maximum absolute atomic E-state index is 5.49. The van der Waals surface area contributed by atoms with Crippen molar-refractivity contribution in [3.8, 4) is 22.5 Å². The monoisotopic (exact) mass is 358 g/mol. The Morgan fingerprint density at radius 1 is 1.04 bits per heavy atom. The summed E-state index contributed by atoms with van der Waals surface area (Å²) < 4.78 is 7.40. The number of rotatable bonds is 4. The van der Waals surface area contributed by atoms with Crippen molar-refractivity contribution in [2.75, 3.05) is 0 Å². The molecule has 0 atom stereocenters. The summed E-state index contributed by atoms with van der Waals surface area (Å²) in [6, 6.07) is 14.1. The average Bonchev–Trinajstić information content (AvgIpc) is 3.43. The number of hydrogen-bond donors (Lipinski definition) is 0. The Morgan fingerprint density at radius 2 is 2.00 bits per heavy atom. The van der Waals surface area contributed by atoms with E-state index in [2.05, 4.69) is 33.3 Å². The van der Waals surface area contributed by atoms with Gasteiger partial charge < -0.3 is 4.42 Å². The fraction of sp³-hybridized carbons (Fsp3) is 0.0500. The van der Waals surface area contributed by atoms with Crippen LogP contribution >= 0.6 is 11.3 Å². The van der Waals surface area contributed by atoms with Crippen LogP contribution in [0.5, 0.6) is 0 Å². The highest BCUT2D eigenvalue weighted by Crippen LogP contribution is 2.30. The van der Waals surface area contributed by atoms with Crippen LogP contribution in [0.3, 0.4) is 0 Å². The van der Waals surface area contributed by atoms with Crippen LogP contribution in [0.1, 0.15) is 5.69 Å². The second kappa shape index (κ2) is 6.24. The predicted molar refractivity (Wildman–Crippen MR) is 102 cm³/mol. The van der Waals surface area contributed by atoms with Gasteiger partial charge in [-0.25, -0.2) is 4.98 Å². The van der Waals surface area contributed by atoms with E-state index in [1.54, 1.807) is 23.8 Å². The second-order valence-electron chi connectivity index (χ2n) is 5.95. The fourth-order valence-electron chi connectivity index (χ4n) is 3.04. The third-order valence-electron chi connectivity index (χ3n) is 4.26. The number of thiazole rings is 1. The molecular weight excluding hydrogens is 344 g/mol. The first-order valence-electron chi connectivity index (χ1n) is 8.20. The number of nitrogens with zero attached hydrogens (tertiary/aromatic N) is 4. The Kier molecular flexibility index (Phi) is 3.61. The molecule has 0 aliphatic carbocycles. The van der Waals surface area contributed by atoms with Gasteiger partial charge in [-0.2, -0.15) is 5.10 Å². The third-order valence-corrected chi connectivity index (χ3v) is 4.90. The molecule has 126 valence electrons. The zero-order valence-corrected chi connectivity index (χ0v) is 14.6. The minimum Gasteiger partial charge on any atom is -0.464 e. The smallest absolute Gasteiger partial charge is 0.137 e. The van der Waals surface area contributed by atoms with Crippen molar-refractivity contribution in [1.29, 1.82) is 0 Å². The molecule has 5 rings (SSSR count). The van der Waals surface area contributed by atoms with Gasteiger partial charge in [-0.3, -0.25) is 9.67 Å². The summed E-state index contributed by atoms with van der Waals surface area (Å²) >= 11 is 1.60. The van der Waals surface area contributed by atoms with Crippen LogP contribution in [0.2, 0.25) is 0 Å². The highest BCUT2D eigenvalue weighted by molar-refractivity contribution is 7.07. The standard InChI is InChI=1S/C20H14N4OS/c1-2-14(18-5-8-24(23-18)11-16-12-26-13-22-16)10-15(3-1)20-17-6-9-25-19(17)4-7-21-20/h1-10,12-13H,11H2. The maximum atomic E-state index is 5.49. The Hall–Kier alpha value is -3.25. The summed E-state index contributed by atoms with van der Waals surface area (Å²) in [6.07, 6.45) is 5.45. The maximum Gasteiger partial charge on any atom is 0.137 e. The number of aromatic nitrogens is 4. The third kappa shape index (κ3) is 2.70. The highest BCUT2D eigenvalue weighted by Gasteiger charge is 2.10. The van der Waals surface area contributed by atoms with Gasteiger partial charge in [0.05, 0.1) is 35.4 Å². The van der Waals surface area contributed by atoms with Crippen molar-refractivity contribution in [1.82, 2.24) is 19.7 Å². The van der Waals surface area contributed by atoms with Gasteiger partial charge >= 0.3 is 0 Å². The molecule has 1 aromatic carbocycles. The van der Waals surface area contributed by atoms with E-state index >= 15 is 0 Å². The predicted octanol–water partition coefficient (Wildman–Crippen LogP) is 4.86. The Morgan fingerprint density at radius 3 is 2.92 bits per heavy atom. The lowest BCUT2D eigenvalue weighted by molar-refractivity contribution is 0.615. The van der Waals surface area contributed by atoms with E-state index in [0.29, 0.717) is 6.54 Å². The second-order valence-corrected chi connectivity index (χ2v) is 6.67. The first kappa shape index (κ1) is 15.0. The molecule has 0 saturated carbocycles. The molecule has 5 aromatic rings. The van der Waals surface area contributed by atoms with E-state index < -0.39 is 0 Å². The molecule has 0 saturated heterocycles. The lowest BCUT2D eigenvalue weighted by atomic mass is 10.0. The Labute approximate surface area is 153 Å². The van der Waals surface area contributed by atoms with E-state index in [1.807, 2.05) is 46.0 Å². The van der Waals surface area contributed by atoms with Gasteiger partial charge in [0.1, 0.15) is 5.58 Å². The lowest BCUT2D eigenvalue weighted by Gasteiger charge is -2.04. The van der Waals surface area contributed by atoms with Crippen molar-refractivity contribution in [3.63, 3.8) is 0 Å². The van der Waals surface area contributed by atoms with Crippen LogP contribution in [0.15, 0.2) is 76.4 Å². The number of hydrogen-bond acceptors (Lipinski definition) is 5. The molecule has 0 unspecified atom stereocenters. The van der Waals surface area contributed by atoms with Crippen LogP contribution in [0.4, 0.5) is 0 Å². The molecule has 0 amide bonds. The first-order valence-corrected chi connectivity index (χ1v) is 9.15. The van der Waals surface area contributed by atoms with Gasteiger partial charge in [0.25, 0.3) is 0 Å². The molecule has 26 heavy (non-hydrogen) atoms. The molecule has 0 N–H and O–H groups in total. The lowest BCUT2D eigenvalue weighted by Crippen LogP contribution is -2.00. The normalized spacial score (nSPS) is 11.2. The van der Waals surface area contributed by atoms with Gasteiger partial charge in [-0.1, -0.05) is 18.2 Å². The van der Waals surface area contributed by atoms with Crippen LogP contribution in [-0.4, -0.2) is 19.7 Å². The van der Waals surface area contributed by atoms with Crippen molar-refractivity contribution in [3.05, 3.63) is 77.7 Å². The van der Waals surface area contributed by atoms with Gasteiger partial charge in [-0.05, 0) is 24.3 Å². The van der Waals surface area contributed by atoms with E-state index in [-0.39, 0.29) is 0 Å².